The summed E-state index contributed by atoms with van der Waals surface area (Å²) < 4.78 is 14.0. The highest BCUT2D eigenvalue weighted by Crippen LogP contribution is 2.26. The zero-order chi connectivity index (χ0) is 17.6. The number of benzene rings is 2. The first-order valence-electron chi connectivity index (χ1n) is 9.04. The number of halogens is 1. The first-order valence-corrected chi connectivity index (χ1v) is 9.04. The molecule has 25 heavy (non-hydrogen) atoms. The van der Waals surface area contributed by atoms with Gasteiger partial charge in [-0.3, -0.25) is 4.79 Å². The van der Waals surface area contributed by atoms with Crippen LogP contribution < -0.4 is 4.90 Å². The molecule has 4 heteroatoms. The number of anilines is 1. The van der Waals surface area contributed by atoms with Gasteiger partial charge in [0.05, 0.1) is 11.6 Å². The molecule has 1 amide bonds. The van der Waals surface area contributed by atoms with Crippen molar-refractivity contribution in [2.75, 3.05) is 31.1 Å². The van der Waals surface area contributed by atoms with E-state index in [1.165, 1.54) is 6.07 Å². The number of amides is 1. The summed E-state index contributed by atoms with van der Waals surface area (Å²) in [5.74, 6) is -0.0807. The van der Waals surface area contributed by atoms with Crippen LogP contribution in [-0.2, 0) is 4.79 Å². The van der Waals surface area contributed by atoms with E-state index in [2.05, 4.69) is 6.92 Å². The van der Waals surface area contributed by atoms with Gasteiger partial charge in [-0.25, -0.2) is 4.39 Å². The fourth-order valence-electron chi connectivity index (χ4n) is 3.50. The highest BCUT2D eigenvalue weighted by molar-refractivity contribution is 5.84. The summed E-state index contributed by atoms with van der Waals surface area (Å²) in [5, 5.41) is 0. The van der Waals surface area contributed by atoms with Crippen molar-refractivity contribution < 1.29 is 9.18 Å². The van der Waals surface area contributed by atoms with Gasteiger partial charge in [-0.2, -0.15) is 0 Å². The monoisotopic (exact) mass is 340 g/mol. The van der Waals surface area contributed by atoms with Crippen LogP contribution in [-0.4, -0.2) is 37.0 Å². The van der Waals surface area contributed by atoms with Crippen LogP contribution in [0.2, 0.25) is 0 Å². The largest absolute Gasteiger partial charge is 0.366 e. The molecule has 0 aliphatic carbocycles. The zero-order valence-electron chi connectivity index (χ0n) is 14.7. The van der Waals surface area contributed by atoms with Gasteiger partial charge in [-0.05, 0) is 24.1 Å². The lowest BCUT2D eigenvalue weighted by molar-refractivity contribution is -0.133. The first-order chi connectivity index (χ1) is 12.2. The Bertz CT molecular complexity index is 696. The van der Waals surface area contributed by atoms with E-state index in [1.54, 1.807) is 12.1 Å². The van der Waals surface area contributed by atoms with E-state index in [-0.39, 0.29) is 17.6 Å². The van der Waals surface area contributed by atoms with Gasteiger partial charge in [0.15, 0.2) is 0 Å². The van der Waals surface area contributed by atoms with Crippen LogP contribution in [0.3, 0.4) is 0 Å². The lowest BCUT2D eigenvalue weighted by Crippen LogP contribution is -2.50. The van der Waals surface area contributed by atoms with Crippen molar-refractivity contribution in [3.8, 4) is 0 Å². The second kappa shape index (κ2) is 8.15. The number of carbonyl (C=O) groups excluding carboxylic acids is 1. The summed E-state index contributed by atoms with van der Waals surface area (Å²) in [7, 11) is 0. The van der Waals surface area contributed by atoms with Crippen LogP contribution in [0.25, 0.3) is 0 Å². The van der Waals surface area contributed by atoms with Crippen molar-refractivity contribution in [1.82, 2.24) is 4.90 Å². The zero-order valence-corrected chi connectivity index (χ0v) is 14.7. The molecule has 3 nitrogen and oxygen atoms in total. The maximum Gasteiger partial charge on any atom is 0.230 e. The van der Waals surface area contributed by atoms with Crippen LogP contribution in [0.15, 0.2) is 54.6 Å². The molecule has 0 saturated carbocycles. The number of rotatable bonds is 5. The second-order valence-electron chi connectivity index (χ2n) is 6.52. The minimum atomic E-state index is -0.199. The molecule has 1 unspecified atom stereocenters. The standard InChI is InChI=1S/C21H25FN2O/c1-2-8-18(17-9-4-3-5-10-17)21(25)24-15-13-23(14-16-24)20-12-7-6-11-19(20)22/h3-7,9-12,18H,2,8,13-16H2,1H3. The molecular weight excluding hydrogens is 315 g/mol. The Balaban J connectivity index is 1.67. The van der Waals surface area contributed by atoms with Crippen molar-refractivity contribution in [1.29, 1.82) is 0 Å². The van der Waals surface area contributed by atoms with Crippen molar-refractivity contribution >= 4 is 11.6 Å². The van der Waals surface area contributed by atoms with E-state index in [0.717, 1.165) is 18.4 Å². The summed E-state index contributed by atoms with van der Waals surface area (Å²) in [6.07, 6.45) is 1.83. The average molecular weight is 340 g/mol. The van der Waals surface area contributed by atoms with Crippen LogP contribution >= 0.6 is 0 Å². The molecule has 132 valence electrons. The fraction of sp³-hybridized carbons (Fsp3) is 0.381. The molecule has 0 aromatic heterocycles. The number of para-hydroxylation sites is 1. The Morgan fingerprint density at radius 2 is 1.64 bits per heavy atom. The fourth-order valence-corrected chi connectivity index (χ4v) is 3.50. The third kappa shape index (κ3) is 4.01. The minimum absolute atomic E-state index is 0.0776. The molecule has 2 aromatic rings. The Kier molecular flexibility index (Phi) is 5.69. The average Bonchev–Trinajstić information content (AvgIpc) is 2.67. The van der Waals surface area contributed by atoms with Gasteiger partial charge in [-0.15, -0.1) is 0 Å². The van der Waals surface area contributed by atoms with Gasteiger partial charge in [0.25, 0.3) is 0 Å². The predicted molar refractivity (Wildman–Crippen MR) is 99.3 cm³/mol. The highest BCUT2D eigenvalue weighted by Gasteiger charge is 2.28. The van der Waals surface area contributed by atoms with Gasteiger partial charge < -0.3 is 9.80 Å². The summed E-state index contributed by atoms with van der Waals surface area (Å²) in [6, 6.07) is 16.9. The van der Waals surface area contributed by atoms with Crippen LogP contribution in [0.1, 0.15) is 31.2 Å². The Labute approximate surface area is 149 Å². The Hall–Kier alpha value is -2.36. The van der Waals surface area contributed by atoms with Gasteiger partial charge in [0.2, 0.25) is 5.91 Å². The van der Waals surface area contributed by atoms with E-state index >= 15 is 0 Å². The highest BCUT2D eigenvalue weighted by atomic mass is 19.1. The normalized spacial score (nSPS) is 15.9. The molecular formula is C21H25FN2O. The molecule has 3 rings (SSSR count). The maximum atomic E-state index is 14.0. The van der Waals surface area contributed by atoms with Crippen molar-refractivity contribution in [3.63, 3.8) is 0 Å². The molecule has 1 heterocycles. The van der Waals surface area contributed by atoms with Gasteiger partial charge in [-0.1, -0.05) is 55.8 Å². The minimum Gasteiger partial charge on any atom is -0.366 e. The molecule has 0 spiro atoms. The van der Waals surface area contributed by atoms with Crippen LogP contribution in [0.4, 0.5) is 10.1 Å². The van der Waals surface area contributed by atoms with Gasteiger partial charge in [0, 0.05) is 26.2 Å². The number of nitrogens with zero attached hydrogens (tertiary/aromatic N) is 2. The third-order valence-corrected chi connectivity index (χ3v) is 4.86. The summed E-state index contributed by atoms with van der Waals surface area (Å²) >= 11 is 0. The SMILES string of the molecule is CCCC(C(=O)N1CCN(c2ccccc2F)CC1)c1ccccc1. The molecule has 1 saturated heterocycles. The third-order valence-electron chi connectivity index (χ3n) is 4.86. The maximum absolute atomic E-state index is 14.0. The van der Waals surface area contributed by atoms with E-state index in [9.17, 15) is 9.18 Å². The quantitative estimate of drug-likeness (QED) is 0.819. The van der Waals surface area contributed by atoms with Crippen LogP contribution in [0.5, 0.6) is 0 Å². The number of hydrogen-bond acceptors (Lipinski definition) is 2. The number of carbonyl (C=O) groups is 1. The van der Waals surface area contributed by atoms with Crippen molar-refractivity contribution in [2.45, 2.75) is 25.7 Å². The Morgan fingerprint density at radius 1 is 1.00 bits per heavy atom. The van der Waals surface area contributed by atoms with Crippen molar-refractivity contribution in [3.05, 3.63) is 66.0 Å². The molecule has 0 N–H and O–H groups in total. The van der Waals surface area contributed by atoms with E-state index in [4.69, 9.17) is 0 Å². The lowest BCUT2D eigenvalue weighted by atomic mass is 9.93. The van der Waals surface area contributed by atoms with Crippen LogP contribution in [0, 0.1) is 5.82 Å². The molecule has 1 aliphatic rings. The molecule has 0 bridgehead atoms. The topological polar surface area (TPSA) is 23.6 Å². The summed E-state index contributed by atoms with van der Waals surface area (Å²) in [5.41, 5.74) is 1.72. The number of hydrogen-bond donors (Lipinski definition) is 0. The summed E-state index contributed by atoms with van der Waals surface area (Å²) in [6.45, 7) is 4.72. The second-order valence-corrected chi connectivity index (χ2v) is 6.52. The predicted octanol–water partition coefficient (Wildman–Crippen LogP) is 4.06. The smallest absolute Gasteiger partial charge is 0.230 e. The van der Waals surface area contributed by atoms with Gasteiger partial charge >= 0.3 is 0 Å². The molecule has 1 aliphatic heterocycles. The first kappa shape index (κ1) is 17.5. The Morgan fingerprint density at radius 3 is 2.28 bits per heavy atom. The van der Waals surface area contributed by atoms with E-state index in [0.29, 0.717) is 31.9 Å². The van der Waals surface area contributed by atoms with E-state index in [1.807, 2.05) is 46.2 Å². The summed E-state index contributed by atoms with van der Waals surface area (Å²) in [4.78, 5) is 17.0. The number of piperazine rings is 1. The van der Waals surface area contributed by atoms with Crippen molar-refractivity contribution in [2.24, 2.45) is 0 Å². The lowest BCUT2D eigenvalue weighted by Gasteiger charge is -2.37. The molecule has 2 aromatic carbocycles. The van der Waals surface area contributed by atoms with E-state index < -0.39 is 0 Å². The van der Waals surface area contributed by atoms with Gasteiger partial charge in [0.1, 0.15) is 5.82 Å². The molecule has 0 radical (unpaired) electrons. The molecule has 1 atom stereocenters. The molecule has 1 fully saturated rings.